The van der Waals surface area contributed by atoms with Crippen molar-refractivity contribution in [3.8, 4) is 17.6 Å². The van der Waals surface area contributed by atoms with Gasteiger partial charge in [-0.05, 0) is 32.2 Å². The third-order valence-electron chi connectivity index (χ3n) is 2.67. The number of rotatable bonds is 1. The van der Waals surface area contributed by atoms with Crippen LogP contribution in [0.15, 0.2) is 36.4 Å². The van der Waals surface area contributed by atoms with Crippen LogP contribution in [0.2, 0.25) is 0 Å². The van der Waals surface area contributed by atoms with Gasteiger partial charge in [0.05, 0.1) is 12.7 Å². The molecule has 2 rings (SSSR count). The Balaban J connectivity index is 2.68. The molecule has 0 aliphatic heterocycles. The first-order valence-corrected chi connectivity index (χ1v) is 6.10. The lowest BCUT2D eigenvalue weighted by molar-refractivity contribution is 0.414. The first-order valence-electron chi connectivity index (χ1n) is 6.10. The van der Waals surface area contributed by atoms with Gasteiger partial charge in [0.15, 0.2) is 0 Å². The maximum absolute atomic E-state index is 5.42. The summed E-state index contributed by atoms with van der Waals surface area (Å²) in [5.74, 6) is 7.39. The van der Waals surface area contributed by atoms with Gasteiger partial charge in [-0.2, -0.15) is 0 Å². The molecule has 0 saturated carbocycles. The van der Waals surface area contributed by atoms with E-state index < -0.39 is 0 Å². The highest BCUT2D eigenvalue weighted by Crippen LogP contribution is 2.27. The Kier molecular flexibility index (Phi) is 3.30. The fourth-order valence-corrected chi connectivity index (χ4v) is 1.80. The quantitative estimate of drug-likeness (QED) is 0.675. The van der Waals surface area contributed by atoms with Crippen LogP contribution in [0.4, 0.5) is 0 Å². The molecule has 0 aromatic heterocycles. The van der Waals surface area contributed by atoms with Crippen LogP contribution in [0.1, 0.15) is 26.3 Å². The highest BCUT2D eigenvalue weighted by atomic mass is 16.5. The molecule has 0 unspecified atom stereocenters. The summed E-state index contributed by atoms with van der Waals surface area (Å²) in [6.07, 6.45) is 0. The largest absolute Gasteiger partial charge is 0.495 e. The van der Waals surface area contributed by atoms with Gasteiger partial charge in [0.25, 0.3) is 0 Å². The van der Waals surface area contributed by atoms with Crippen molar-refractivity contribution in [1.29, 1.82) is 0 Å². The smallest absolute Gasteiger partial charge is 0.135 e. The fourth-order valence-electron chi connectivity index (χ4n) is 1.80. The summed E-state index contributed by atoms with van der Waals surface area (Å²) in [5.41, 5.74) is 0.965. The molecule has 2 aromatic carbocycles. The van der Waals surface area contributed by atoms with Crippen LogP contribution < -0.4 is 4.74 Å². The lowest BCUT2D eigenvalue weighted by Crippen LogP contribution is -2.00. The second kappa shape index (κ2) is 4.74. The van der Waals surface area contributed by atoms with Crippen molar-refractivity contribution in [2.75, 3.05) is 7.11 Å². The van der Waals surface area contributed by atoms with Crippen molar-refractivity contribution >= 4 is 10.8 Å². The van der Waals surface area contributed by atoms with E-state index in [9.17, 15) is 0 Å². The van der Waals surface area contributed by atoms with E-state index in [2.05, 4.69) is 50.8 Å². The zero-order valence-electron chi connectivity index (χ0n) is 11.4. The number of methoxy groups -OCH3 is 1. The van der Waals surface area contributed by atoms with Gasteiger partial charge in [-0.15, -0.1) is 0 Å². The van der Waals surface area contributed by atoms with Crippen LogP contribution in [-0.2, 0) is 0 Å². The van der Waals surface area contributed by atoms with Crippen molar-refractivity contribution in [1.82, 2.24) is 0 Å². The summed E-state index contributed by atoms with van der Waals surface area (Å²) >= 11 is 0. The Morgan fingerprint density at radius 1 is 1.00 bits per heavy atom. The summed E-state index contributed by atoms with van der Waals surface area (Å²) in [5, 5.41) is 2.34. The van der Waals surface area contributed by atoms with Crippen LogP contribution in [-0.4, -0.2) is 7.11 Å². The third-order valence-corrected chi connectivity index (χ3v) is 2.67. The van der Waals surface area contributed by atoms with E-state index in [1.807, 2.05) is 18.2 Å². The van der Waals surface area contributed by atoms with Gasteiger partial charge < -0.3 is 4.74 Å². The average Bonchev–Trinajstić information content (AvgIpc) is 2.34. The highest BCUT2D eigenvalue weighted by Gasteiger charge is 2.08. The Morgan fingerprint density at radius 3 is 2.39 bits per heavy atom. The standard InChI is InChI=1S/C17H18O/c1-17(2,3)12-11-15-14-8-6-5-7-13(14)9-10-16(15)18-4/h5-10H,1-4H3. The summed E-state index contributed by atoms with van der Waals surface area (Å²) in [7, 11) is 1.69. The Hall–Kier alpha value is -1.94. The predicted octanol–water partition coefficient (Wildman–Crippen LogP) is 4.25. The first kappa shape index (κ1) is 12.5. The number of hydrogen-bond acceptors (Lipinski definition) is 1. The molecule has 0 bridgehead atoms. The highest BCUT2D eigenvalue weighted by molar-refractivity contribution is 5.90. The van der Waals surface area contributed by atoms with Crippen LogP contribution in [0.25, 0.3) is 10.8 Å². The molecule has 92 valence electrons. The zero-order valence-corrected chi connectivity index (χ0v) is 11.4. The van der Waals surface area contributed by atoms with E-state index in [0.717, 1.165) is 16.7 Å². The van der Waals surface area contributed by atoms with Crippen LogP contribution in [0.3, 0.4) is 0 Å². The lowest BCUT2D eigenvalue weighted by atomic mass is 9.96. The molecular weight excluding hydrogens is 220 g/mol. The number of hydrogen-bond donors (Lipinski definition) is 0. The van der Waals surface area contributed by atoms with Gasteiger partial charge in [-0.25, -0.2) is 0 Å². The molecule has 0 spiro atoms. The molecular formula is C17H18O. The van der Waals surface area contributed by atoms with Gasteiger partial charge >= 0.3 is 0 Å². The molecule has 0 atom stereocenters. The fraction of sp³-hybridized carbons (Fsp3) is 0.294. The summed E-state index contributed by atoms with van der Waals surface area (Å²) in [4.78, 5) is 0. The van der Waals surface area contributed by atoms with Gasteiger partial charge in [0, 0.05) is 10.8 Å². The number of fused-ring (bicyclic) bond motifs is 1. The number of ether oxygens (including phenoxy) is 1. The Bertz CT molecular complexity index is 621. The van der Waals surface area contributed by atoms with Crippen LogP contribution >= 0.6 is 0 Å². The minimum atomic E-state index is -0.0119. The monoisotopic (exact) mass is 238 g/mol. The SMILES string of the molecule is COc1ccc2ccccc2c1C#CC(C)(C)C. The second-order valence-corrected chi connectivity index (χ2v) is 5.36. The first-order chi connectivity index (χ1) is 8.51. The molecule has 0 saturated heterocycles. The van der Waals surface area contributed by atoms with E-state index in [1.165, 1.54) is 5.39 Å². The maximum atomic E-state index is 5.42. The molecule has 0 radical (unpaired) electrons. The van der Waals surface area contributed by atoms with Crippen LogP contribution in [0, 0.1) is 17.3 Å². The Labute approximate surface area is 109 Å². The van der Waals surface area contributed by atoms with Crippen molar-refractivity contribution in [3.63, 3.8) is 0 Å². The molecule has 0 N–H and O–H groups in total. The maximum Gasteiger partial charge on any atom is 0.135 e. The molecule has 2 aromatic rings. The van der Waals surface area contributed by atoms with Gasteiger partial charge in [0.1, 0.15) is 5.75 Å². The van der Waals surface area contributed by atoms with Crippen molar-refractivity contribution in [3.05, 3.63) is 42.0 Å². The van der Waals surface area contributed by atoms with E-state index in [-0.39, 0.29) is 5.41 Å². The van der Waals surface area contributed by atoms with E-state index in [4.69, 9.17) is 4.74 Å². The minimum Gasteiger partial charge on any atom is -0.495 e. The van der Waals surface area contributed by atoms with E-state index >= 15 is 0 Å². The Morgan fingerprint density at radius 2 is 1.72 bits per heavy atom. The zero-order chi connectivity index (χ0) is 13.2. The van der Waals surface area contributed by atoms with Crippen molar-refractivity contribution in [2.45, 2.75) is 20.8 Å². The van der Waals surface area contributed by atoms with Crippen molar-refractivity contribution < 1.29 is 4.74 Å². The molecule has 0 fully saturated rings. The average molecular weight is 238 g/mol. The molecule has 1 heteroatoms. The minimum absolute atomic E-state index is 0.0119. The van der Waals surface area contributed by atoms with E-state index in [1.54, 1.807) is 7.11 Å². The topological polar surface area (TPSA) is 9.23 Å². The van der Waals surface area contributed by atoms with Gasteiger partial charge in [-0.3, -0.25) is 0 Å². The predicted molar refractivity (Wildman–Crippen MR) is 76.8 cm³/mol. The summed E-state index contributed by atoms with van der Waals surface area (Å²) in [6.45, 7) is 6.33. The lowest BCUT2D eigenvalue weighted by Gasteiger charge is -2.10. The van der Waals surface area contributed by atoms with Crippen molar-refractivity contribution in [2.24, 2.45) is 5.41 Å². The third kappa shape index (κ3) is 2.65. The molecule has 0 amide bonds. The van der Waals surface area contributed by atoms with Crippen LogP contribution in [0.5, 0.6) is 5.75 Å². The molecule has 1 nitrogen and oxygen atoms in total. The molecule has 0 heterocycles. The molecule has 0 aliphatic carbocycles. The van der Waals surface area contributed by atoms with Gasteiger partial charge in [-0.1, -0.05) is 42.2 Å². The number of benzene rings is 2. The normalized spacial score (nSPS) is 10.9. The summed E-state index contributed by atoms with van der Waals surface area (Å²) in [6, 6.07) is 12.3. The second-order valence-electron chi connectivity index (χ2n) is 5.36. The van der Waals surface area contributed by atoms with E-state index in [0.29, 0.717) is 0 Å². The summed E-state index contributed by atoms with van der Waals surface area (Å²) < 4.78 is 5.42. The molecule has 18 heavy (non-hydrogen) atoms. The molecule has 0 aliphatic rings. The van der Waals surface area contributed by atoms with Gasteiger partial charge in [0.2, 0.25) is 0 Å².